The van der Waals surface area contributed by atoms with Crippen molar-refractivity contribution in [2.75, 3.05) is 13.1 Å². The lowest BCUT2D eigenvalue weighted by Crippen LogP contribution is -2.34. The zero-order valence-electron chi connectivity index (χ0n) is 12.3. The summed E-state index contributed by atoms with van der Waals surface area (Å²) in [4.78, 5) is 22.5. The number of likely N-dealkylation sites (tertiary alicyclic amines) is 1. The van der Waals surface area contributed by atoms with Gasteiger partial charge in [-0.25, -0.2) is 9.50 Å². The average molecular weight is 289 g/mol. The van der Waals surface area contributed by atoms with Crippen molar-refractivity contribution in [2.45, 2.75) is 38.7 Å². The van der Waals surface area contributed by atoms with E-state index in [2.05, 4.69) is 15.1 Å². The number of carbonyl (C=O) groups excluding carboxylic acids is 1. The fraction of sp³-hybridized carbons (Fsp3) is 0.571. The lowest BCUT2D eigenvalue weighted by Gasteiger charge is -2.21. The molecule has 1 fully saturated rings. The maximum absolute atomic E-state index is 12.5. The van der Waals surface area contributed by atoms with Gasteiger partial charge in [0.25, 0.3) is 11.7 Å². The maximum atomic E-state index is 12.5. The van der Waals surface area contributed by atoms with Crippen LogP contribution >= 0.6 is 0 Å². The molecule has 0 bridgehead atoms. The van der Waals surface area contributed by atoms with Crippen molar-refractivity contribution in [2.24, 2.45) is 0 Å². The highest BCUT2D eigenvalue weighted by molar-refractivity contribution is 5.90. The summed E-state index contributed by atoms with van der Waals surface area (Å²) in [6.45, 7) is 4.85. The van der Waals surface area contributed by atoms with E-state index in [1.807, 2.05) is 19.9 Å². The van der Waals surface area contributed by atoms with Crippen LogP contribution < -0.4 is 0 Å². The molecule has 112 valence electrons. The van der Waals surface area contributed by atoms with Gasteiger partial charge in [0.15, 0.2) is 0 Å². The second-order valence-corrected chi connectivity index (χ2v) is 5.88. The number of aliphatic hydroxyl groups is 1. The van der Waals surface area contributed by atoms with Crippen LogP contribution in [0.4, 0.5) is 0 Å². The van der Waals surface area contributed by atoms with Gasteiger partial charge in [0, 0.05) is 25.0 Å². The summed E-state index contributed by atoms with van der Waals surface area (Å²) in [5.74, 6) is 0.399. The molecule has 2 aromatic heterocycles. The minimum Gasteiger partial charge on any atom is -0.390 e. The maximum Gasteiger partial charge on any atom is 0.293 e. The van der Waals surface area contributed by atoms with Crippen molar-refractivity contribution in [3.63, 3.8) is 0 Å². The SMILES string of the molecule is Cc1ccnc2nc(C(=O)N3CCCC(C)(O)CC3)nn12. The molecule has 7 nitrogen and oxygen atoms in total. The van der Waals surface area contributed by atoms with E-state index in [9.17, 15) is 9.90 Å². The highest BCUT2D eigenvalue weighted by Gasteiger charge is 2.29. The lowest BCUT2D eigenvalue weighted by molar-refractivity contribution is 0.0436. The van der Waals surface area contributed by atoms with Gasteiger partial charge >= 0.3 is 0 Å². The average Bonchev–Trinajstić information content (AvgIpc) is 2.79. The van der Waals surface area contributed by atoms with Gasteiger partial charge < -0.3 is 10.0 Å². The molecular formula is C14H19N5O2. The molecule has 1 saturated heterocycles. The quantitative estimate of drug-likeness (QED) is 0.840. The third-order valence-electron chi connectivity index (χ3n) is 3.97. The van der Waals surface area contributed by atoms with E-state index in [-0.39, 0.29) is 11.7 Å². The van der Waals surface area contributed by atoms with Gasteiger partial charge in [-0.3, -0.25) is 4.79 Å². The smallest absolute Gasteiger partial charge is 0.293 e. The van der Waals surface area contributed by atoms with E-state index < -0.39 is 5.60 Å². The van der Waals surface area contributed by atoms with Gasteiger partial charge in [-0.15, -0.1) is 5.10 Å². The fourth-order valence-electron chi connectivity index (χ4n) is 2.60. The zero-order chi connectivity index (χ0) is 15.0. The summed E-state index contributed by atoms with van der Waals surface area (Å²) < 4.78 is 1.57. The molecule has 0 spiro atoms. The Kier molecular flexibility index (Phi) is 3.36. The van der Waals surface area contributed by atoms with Gasteiger partial charge in [-0.05, 0) is 39.2 Å². The van der Waals surface area contributed by atoms with Crippen LogP contribution in [0.2, 0.25) is 0 Å². The highest BCUT2D eigenvalue weighted by Crippen LogP contribution is 2.22. The van der Waals surface area contributed by atoms with Crippen molar-refractivity contribution in [1.82, 2.24) is 24.5 Å². The first-order chi connectivity index (χ1) is 9.96. The van der Waals surface area contributed by atoms with Crippen LogP contribution in [0.15, 0.2) is 12.3 Å². The molecule has 1 aliphatic rings. The first-order valence-electron chi connectivity index (χ1n) is 7.16. The third-order valence-corrected chi connectivity index (χ3v) is 3.97. The summed E-state index contributed by atoms with van der Waals surface area (Å²) in [7, 11) is 0. The van der Waals surface area contributed by atoms with Crippen LogP contribution in [0, 0.1) is 6.92 Å². The number of fused-ring (bicyclic) bond motifs is 1. The summed E-state index contributed by atoms with van der Waals surface area (Å²) >= 11 is 0. The lowest BCUT2D eigenvalue weighted by atomic mass is 9.98. The number of aryl methyl sites for hydroxylation is 1. The number of amides is 1. The Balaban J connectivity index is 1.85. The van der Waals surface area contributed by atoms with Gasteiger partial charge in [0.1, 0.15) is 0 Å². The van der Waals surface area contributed by atoms with Gasteiger partial charge in [-0.2, -0.15) is 4.98 Å². The van der Waals surface area contributed by atoms with Gasteiger partial charge in [0.05, 0.1) is 5.60 Å². The first kappa shape index (κ1) is 13.9. The summed E-state index contributed by atoms with van der Waals surface area (Å²) in [6, 6.07) is 1.82. The van der Waals surface area contributed by atoms with E-state index in [4.69, 9.17) is 0 Å². The monoisotopic (exact) mass is 289 g/mol. The Morgan fingerprint density at radius 3 is 2.95 bits per heavy atom. The van der Waals surface area contributed by atoms with Crippen LogP contribution in [-0.4, -0.2) is 54.2 Å². The molecule has 7 heteroatoms. The molecule has 1 atom stereocenters. The van der Waals surface area contributed by atoms with Crippen LogP contribution in [-0.2, 0) is 0 Å². The third kappa shape index (κ3) is 2.73. The van der Waals surface area contributed by atoms with E-state index in [0.29, 0.717) is 31.7 Å². The van der Waals surface area contributed by atoms with Crippen molar-refractivity contribution in [1.29, 1.82) is 0 Å². The standard InChI is InChI=1S/C14H19N5O2/c1-10-4-7-15-13-16-11(17-19(10)13)12(20)18-8-3-5-14(2,21)6-9-18/h4,7,21H,3,5-6,8-9H2,1-2H3. The van der Waals surface area contributed by atoms with Gasteiger partial charge in [0.2, 0.25) is 5.82 Å². The Bertz CT molecular complexity index is 679. The number of carbonyl (C=O) groups is 1. The molecule has 0 aliphatic carbocycles. The van der Waals surface area contributed by atoms with Crippen molar-refractivity contribution in [3.05, 3.63) is 23.8 Å². The topological polar surface area (TPSA) is 83.6 Å². The number of hydrogen-bond acceptors (Lipinski definition) is 5. The second-order valence-electron chi connectivity index (χ2n) is 5.88. The first-order valence-corrected chi connectivity index (χ1v) is 7.16. The number of rotatable bonds is 1. The minimum atomic E-state index is -0.695. The molecule has 1 unspecified atom stereocenters. The predicted molar refractivity (Wildman–Crippen MR) is 75.9 cm³/mol. The molecule has 0 saturated carbocycles. The molecule has 0 aromatic carbocycles. The van der Waals surface area contributed by atoms with Crippen LogP contribution in [0.5, 0.6) is 0 Å². The van der Waals surface area contributed by atoms with E-state index in [0.717, 1.165) is 12.1 Å². The van der Waals surface area contributed by atoms with E-state index in [1.54, 1.807) is 15.6 Å². The summed E-state index contributed by atoms with van der Waals surface area (Å²) in [5.41, 5.74) is 0.185. The second kappa shape index (κ2) is 5.07. The normalized spacial score (nSPS) is 23.3. The van der Waals surface area contributed by atoms with E-state index >= 15 is 0 Å². The highest BCUT2D eigenvalue weighted by atomic mass is 16.3. The Labute approximate surface area is 122 Å². The van der Waals surface area contributed by atoms with Gasteiger partial charge in [-0.1, -0.05) is 0 Å². The van der Waals surface area contributed by atoms with Crippen LogP contribution in [0.1, 0.15) is 42.5 Å². The van der Waals surface area contributed by atoms with Crippen molar-refractivity contribution >= 4 is 11.7 Å². The van der Waals surface area contributed by atoms with Crippen molar-refractivity contribution in [3.8, 4) is 0 Å². The van der Waals surface area contributed by atoms with Crippen molar-refractivity contribution < 1.29 is 9.90 Å². The Hall–Kier alpha value is -2.02. The minimum absolute atomic E-state index is 0.165. The number of nitrogens with zero attached hydrogens (tertiary/aromatic N) is 5. The summed E-state index contributed by atoms with van der Waals surface area (Å²) in [5, 5.41) is 14.3. The molecule has 3 heterocycles. The molecule has 3 rings (SSSR count). The van der Waals surface area contributed by atoms with Crippen LogP contribution in [0.3, 0.4) is 0 Å². The molecule has 2 aromatic rings. The zero-order valence-corrected chi connectivity index (χ0v) is 12.3. The fourth-order valence-corrected chi connectivity index (χ4v) is 2.60. The molecule has 21 heavy (non-hydrogen) atoms. The Morgan fingerprint density at radius 1 is 1.38 bits per heavy atom. The Morgan fingerprint density at radius 2 is 2.19 bits per heavy atom. The number of aromatic nitrogens is 4. The van der Waals surface area contributed by atoms with E-state index in [1.165, 1.54) is 0 Å². The largest absolute Gasteiger partial charge is 0.390 e. The molecule has 0 radical (unpaired) electrons. The molecule has 1 N–H and O–H groups in total. The molecular weight excluding hydrogens is 270 g/mol. The number of hydrogen-bond donors (Lipinski definition) is 1. The molecule has 1 aliphatic heterocycles. The van der Waals surface area contributed by atoms with Crippen LogP contribution in [0.25, 0.3) is 5.78 Å². The predicted octanol–water partition coefficient (Wildman–Crippen LogP) is 0.810. The molecule has 1 amide bonds. The summed E-state index contributed by atoms with van der Waals surface area (Å²) in [6.07, 6.45) is 3.71.